The molecule has 194 valence electrons. The lowest BCUT2D eigenvalue weighted by molar-refractivity contribution is 0.0218. The van der Waals surface area contributed by atoms with E-state index in [0.29, 0.717) is 38.2 Å². The molecule has 2 aliphatic heterocycles. The Balaban J connectivity index is 0.00000148. The zero-order chi connectivity index (χ0) is 25.5. The lowest BCUT2D eigenvalue weighted by atomic mass is 10.1. The molecule has 1 aromatic heterocycles. The molecule has 2 fully saturated rings. The number of morpholine rings is 1. The maximum absolute atomic E-state index is 6.56. The van der Waals surface area contributed by atoms with E-state index in [1.165, 1.54) is 0 Å². The van der Waals surface area contributed by atoms with Crippen molar-refractivity contribution in [1.29, 1.82) is 0 Å². The van der Waals surface area contributed by atoms with Crippen LogP contribution in [0, 0.1) is 6.92 Å². The topological polar surface area (TPSA) is 65.9 Å². The van der Waals surface area contributed by atoms with E-state index in [4.69, 9.17) is 28.9 Å². The van der Waals surface area contributed by atoms with Gasteiger partial charge in [-0.15, -0.1) is 0 Å². The summed E-state index contributed by atoms with van der Waals surface area (Å²) < 4.78 is 24.8. The number of nitrogens with zero attached hydrogens (tertiary/aromatic N) is 3. The number of aromatic nitrogens is 2. The number of hydrogen-bond donors (Lipinski definition) is 0. The number of anilines is 1. The van der Waals surface area contributed by atoms with E-state index in [-0.39, 0.29) is 12.2 Å². The van der Waals surface area contributed by atoms with E-state index in [2.05, 4.69) is 52.9 Å². The Hall–Kier alpha value is -2.42. The van der Waals surface area contributed by atoms with Crippen LogP contribution in [-0.4, -0.2) is 55.6 Å². The van der Waals surface area contributed by atoms with Crippen molar-refractivity contribution in [3.63, 3.8) is 0 Å². The molecule has 2 saturated heterocycles. The first-order chi connectivity index (χ1) is 17.6. The summed E-state index contributed by atoms with van der Waals surface area (Å²) in [6, 6.07) is 12.7. The monoisotopic (exact) mass is 557 g/mol. The number of aryl methyl sites for hydroxylation is 1. The Morgan fingerprint density at radius 2 is 1.67 bits per heavy atom. The molecular weight excluding hydrogens is 522 g/mol. The van der Waals surface area contributed by atoms with Crippen LogP contribution in [0.3, 0.4) is 0 Å². The fourth-order valence-corrected chi connectivity index (χ4v) is 4.79. The third kappa shape index (κ3) is 6.10. The van der Waals surface area contributed by atoms with Gasteiger partial charge in [0, 0.05) is 31.3 Å². The second-order valence-corrected chi connectivity index (χ2v) is 9.56. The maximum atomic E-state index is 6.56. The Bertz CT molecular complexity index is 1130. The molecule has 0 radical (unpaired) electrons. The van der Waals surface area contributed by atoms with Gasteiger partial charge in [0.2, 0.25) is 0 Å². The van der Waals surface area contributed by atoms with Gasteiger partial charge in [-0.2, -0.15) is 9.97 Å². The zero-order valence-corrected chi connectivity index (χ0v) is 23.2. The van der Waals surface area contributed by atoms with E-state index in [1.54, 1.807) is 0 Å². The summed E-state index contributed by atoms with van der Waals surface area (Å²) in [5.41, 5.74) is 2.92. The van der Waals surface area contributed by atoms with Crippen molar-refractivity contribution in [1.82, 2.24) is 9.97 Å². The standard InChI is InChI=1S/C26H30BrN3O4.C2H6/c1-17-16-21-23(24(22(17)27)33-18(2)19-6-4-3-5-7-19)28-26(34-20-8-12-31-13-9-20)29-25(21)30-10-14-32-15-11-30;1-2/h3-7,16,18,20H,8-15H2,1-2H3;1-2H3. The fraction of sp³-hybridized carbons (Fsp3) is 0.500. The van der Waals surface area contributed by atoms with Crippen LogP contribution in [0.15, 0.2) is 40.9 Å². The van der Waals surface area contributed by atoms with Crippen molar-refractivity contribution < 1.29 is 18.9 Å². The zero-order valence-electron chi connectivity index (χ0n) is 21.6. The van der Waals surface area contributed by atoms with Crippen LogP contribution in [0.25, 0.3) is 10.9 Å². The van der Waals surface area contributed by atoms with E-state index in [0.717, 1.165) is 58.3 Å². The number of hydrogen-bond acceptors (Lipinski definition) is 7. The van der Waals surface area contributed by atoms with Crippen LogP contribution in [0.1, 0.15) is 50.8 Å². The van der Waals surface area contributed by atoms with Crippen molar-refractivity contribution in [3.05, 3.63) is 52.0 Å². The van der Waals surface area contributed by atoms with Gasteiger partial charge in [-0.25, -0.2) is 0 Å². The summed E-state index contributed by atoms with van der Waals surface area (Å²) in [5, 5.41) is 0.956. The second-order valence-electron chi connectivity index (χ2n) is 8.76. The third-order valence-electron chi connectivity index (χ3n) is 6.34. The lowest BCUT2D eigenvalue weighted by Gasteiger charge is -2.30. The van der Waals surface area contributed by atoms with Crippen LogP contribution < -0.4 is 14.4 Å². The first-order valence-corrected chi connectivity index (χ1v) is 13.7. The van der Waals surface area contributed by atoms with Gasteiger partial charge < -0.3 is 23.8 Å². The molecule has 36 heavy (non-hydrogen) atoms. The molecule has 5 rings (SSSR count). The van der Waals surface area contributed by atoms with Crippen molar-refractivity contribution in [2.45, 2.75) is 52.7 Å². The van der Waals surface area contributed by atoms with Crippen LogP contribution in [0.4, 0.5) is 5.82 Å². The summed E-state index contributed by atoms with van der Waals surface area (Å²) >= 11 is 3.77. The molecule has 8 heteroatoms. The van der Waals surface area contributed by atoms with Gasteiger partial charge in [0.05, 0.1) is 30.9 Å². The van der Waals surface area contributed by atoms with Gasteiger partial charge in [0.25, 0.3) is 0 Å². The van der Waals surface area contributed by atoms with E-state index in [1.807, 2.05) is 32.0 Å². The maximum Gasteiger partial charge on any atom is 0.319 e. The predicted molar refractivity (Wildman–Crippen MR) is 146 cm³/mol. The minimum atomic E-state index is -0.149. The van der Waals surface area contributed by atoms with Crippen LogP contribution in [-0.2, 0) is 9.47 Å². The molecule has 0 amide bonds. The number of fused-ring (bicyclic) bond motifs is 1. The smallest absolute Gasteiger partial charge is 0.319 e. The molecule has 2 aliphatic rings. The van der Waals surface area contributed by atoms with Crippen LogP contribution in [0.5, 0.6) is 11.8 Å². The van der Waals surface area contributed by atoms with Gasteiger partial charge >= 0.3 is 6.01 Å². The molecule has 3 heterocycles. The molecule has 0 N–H and O–H groups in total. The average molecular weight is 559 g/mol. The summed E-state index contributed by atoms with van der Waals surface area (Å²) in [6.45, 7) is 12.4. The van der Waals surface area contributed by atoms with Crippen LogP contribution >= 0.6 is 15.9 Å². The highest BCUT2D eigenvalue weighted by atomic mass is 79.9. The minimum absolute atomic E-state index is 0.0465. The summed E-state index contributed by atoms with van der Waals surface area (Å²) in [7, 11) is 0. The van der Waals surface area contributed by atoms with E-state index >= 15 is 0 Å². The molecule has 2 aromatic carbocycles. The van der Waals surface area contributed by atoms with Gasteiger partial charge in [-0.1, -0.05) is 44.2 Å². The Morgan fingerprint density at radius 3 is 2.36 bits per heavy atom. The fourth-order valence-electron chi connectivity index (χ4n) is 4.39. The number of halogens is 1. The lowest BCUT2D eigenvalue weighted by Crippen LogP contribution is -2.37. The highest BCUT2D eigenvalue weighted by Gasteiger charge is 2.25. The molecule has 0 spiro atoms. The molecule has 0 saturated carbocycles. The molecule has 1 atom stereocenters. The first kappa shape index (κ1) is 26.6. The number of rotatable bonds is 6. The Labute approximate surface area is 222 Å². The summed E-state index contributed by atoms with van der Waals surface area (Å²) in [4.78, 5) is 12.0. The number of benzene rings is 2. The van der Waals surface area contributed by atoms with Crippen molar-refractivity contribution in [2.75, 3.05) is 44.4 Å². The minimum Gasteiger partial charge on any atom is -0.483 e. The average Bonchev–Trinajstić information content (AvgIpc) is 2.94. The van der Waals surface area contributed by atoms with Gasteiger partial charge in [0.15, 0.2) is 5.75 Å². The Morgan fingerprint density at radius 1 is 1.00 bits per heavy atom. The van der Waals surface area contributed by atoms with Gasteiger partial charge in [-0.05, 0) is 47.0 Å². The quantitative estimate of drug-likeness (QED) is 0.354. The SMILES string of the molecule is CC.Cc1cc2c(N3CCOCC3)nc(OC3CCOCC3)nc2c(OC(C)c2ccccc2)c1Br. The molecule has 3 aromatic rings. The highest BCUT2D eigenvalue weighted by Crippen LogP contribution is 2.41. The third-order valence-corrected chi connectivity index (χ3v) is 7.33. The summed E-state index contributed by atoms with van der Waals surface area (Å²) in [6.07, 6.45) is 1.56. The molecule has 7 nitrogen and oxygen atoms in total. The molecular formula is C28H36BrN3O4. The molecule has 0 bridgehead atoms. The predicted octanol–water partition coefficient (Wildman–Crippen LogP) is 6.26. The van der Waals surface area contributed by atoms with E-state index < -0.39 is 0 Å². The Kier molecular flexibility index (Phi) is 9.40. The van der Waals surface area contributed by atoms with Gasteiger partial charge in [0.1, 0.15) is 23.5 Å². The molecule has 0 aliphatic carbocycles. The largest absolute Gasteiger partial charge is 0.483 e. The highest BCUT2D eigenvalue weighted by molar-refractivity contribution is 9.10. The summed E-state index contributed by atoms with van der Waals surface area (Å²) in [5.74, 6) is 1.57. The normalized spacial score (nSPS) is 17.3. The van der Waals surface area contributed by atoms with Crippen LogP contribution in [0.2, 0.25) is 0 Å². The van der Waals surface area contributed by atoms with Crippen molar-refractivity contribution in [3.8, 4) is 11.8 Å². The van der Waals surface area contributed by atoms with Crippen molar-refractivity contribution in [2.24, 2.45) is 0 Å². The van der Waals surface area contributed by atoms with Crippen molar-refractivity contribution >= 4 is 32.7 Å². The number of ether oxygens (including phenoxy) is 4. The van der Waals surface area contributed by atoms with Gasteiger partial charge in [-0.3, -0.25) is 0 Å². The van der Waals surface area contributed by atoms with E-state index in [9.17, 15) is 0 Å². The molecule has 1 unspecified atom stereocenters. The first-order valence-electron chi connectivity index (χ1n) is 12.9. The second kappa shape index (κ2) is 12.7.